The molecule has 5 heteroatoms. The first-order valence-corrected chi connectivity index (χ1v) is 10.0. The zero-order valence-corrected chi connectivity index (χ0v) is 17.2. The molecular formula is C23H32N4O. The molecule has 2 aromatic carbocycles. The topological polar surface area (TPSA) is 71.7 Å². The molecule has 0 bridgehead atoms. The second-order valence-electron chi connectivity index (χ2n) is 7.87. The van der Waals surface area contributed by atoms with Crippen molar-refractivity contribution in [3.8, 4) is 0 Å². The number of hydrogen-bond acceptors (Lipinski definition) is 3. The van der Waals surface area contributed by atoms with Crippen LogP contribution >= 0.6 is 0 Å². The Kier molecular flexibility index (Phi) is 6.70. The van der Waals surface area contributed by atoms with E-state index < -0.39 is 0 Å². The van der Waals surface area contributed by atoms with Gasteiger partial charge in [-0.05, 0) is 62.4 Å². The van der Waals surface area contributed by atoms with Crippen LogP contribution in [0.1, 0.15) is 42.5 Å². The molecule has 28 heavy (non-hydrogen) atoms. The average Bonchev–Trinajstić information content (AvgIpc) is 2.67. The van der Waals surface area contributed by atoms with Gasteiger partial charge >= 0.3 is 0 Å². The molecular weight excluding hydrogens is 348 g/mol. The highest BCUT2D eigenvalue weighted by Gasteiger charge is 2.33. The lowest BCUT2D eigenvalue weighted by Crippen LogP contribution is -2.53. The summed E-state index contributed by atoms with van der Waals surface area (Å²) in [7, 11) is 0. The fourth-order valence-electron chi connectivity index (χ4n) is 3.87. The summed E-state index contributed by atoms with van der Waals surface area (Å²) in [5.74, 6) is 0.449. The van der Waals surface area contributed by atoms with E-state index in [0.717, 1.165) is 31.7 Å². The predicted molar refractivity (Wildman–Crippen MR) is 117 cm³/mol. The van der Waals surface area contributed by atoms with Crippen LogP contribution in [0.25, 0.3) is 0 Å². The summed E-state index contributed by atoms with van der Waals surface area (Å²) in [5.41, 5.74) is 10.8. The van der Waals surface area contributed by atoms with Gasteiger partial charge in [-0.25, -0.2) is 0 Å². The third kappa shape index (κ3) is 5.57. The normalized spacial score (nSPS) is 17.9. The molecule has 0 radical (unpaired) electrons. The number of aryl methyl sites for hydroxylation is 2. The Morgan fingerprint density at radius 3 is 2.39 bits per heavy atom. The Morgan fingerprint density at radius 2 is 1.75 bits per heavy atom. The fourth-order valence-corrected chi connectivity index (χ4v) is 3.87. The van der Waals surface area contributed by atoms with Crippen molar-refractivity contribution in [3.63, 3.8) is 0 Å². The molecule has 1 aliphatic heterocycles. The number of nitrogens with two attached hydrogens (primary N) is 1. The van der Waals surface area contributed by atoms with E-state index in [2.05, 4.69) is 78.9 Å². The molecule has 1 fully saturated rings. The van der Waals surface area contributed by atoms with E-state index in [9.17, 15) is 0 Å². The summed E-state index contributed by atoms with van der Waals surface area (Å²) in [4.78, 5) is 4.69. The van der Waals surface area contributed by atoms with Crippen molar-refractivity contribution in [2.75, 3.05) is 25.1 Å². The summed E-state index contributed by atoms with van der Waals surface area (Å²) in [6.07, 6.45) is 1.84. The van der Waals surface area contributed by atoms with Gasteiger partial charge in [0.1, 0.15) is 0 Å². The van der Waals surface area contributed by atoms with Crippen molar-refractivity contribution in [1.29, 1.82) is 0 Å². The van der Waals surface area contributed by atoms with Gasteiger partial charge in [0.2, 0.25) is 0 Å². The van der Waals surface area contributed by atoms with Gasteiger partial charge in [-0.1, -0.05) is 36.4 Å². The van der Waals surface area contributed by atoms with Crippen LogP contribution in [-0.4, -0.2) is 31.3 Å². The lowest BCUT2D eigenvalue weighted by atomic mass is 9.88. The summed E-state index contributed by atoms with van der Waals surface area (Å²) >= 11 is 0. The molecule has 2 aromatic rings. The second-order valence-corrected chi connectivity index (χ2v) is 7.87. The summed E-state index contributed by atoms with van der Waals surface area (Å²) in [5, 5.41) is 7.05. The number of benzene rings is 2. The number of rotatable bonds is 6. The van der Waals surface area contributed by atoms with E-state index in [1.807, 2.05) is 6.07 Å². The highest BCUT2D eigenvalue weighted by atomic mass is 16.5. The highest BCUT2D eigenvalue weighted by Crippen LogP contribution is 2.26. The van der Waals surface area contributed by atoms with Gasteiger partial charge in [0, 0.05) is 30.5 Å². The third-order valence-electron chi connectivity index (χ3n) is 5.32. The van der Waals surface area contributed by atoms with E-state index >= 15 is 0 Å². The molecule has 5 nitrogen and oxygen atoms in total. The molecule has 1 unspecified atom stereocenters. The molecule has 0 amide bonds. The van der Waals surface area contributed by atoms with Gasteiger partial charge in [-0.3, -0.25) is 4.99 Å². The van der Waals surface area contributed by atoms with Crippen LogP contribution in [0.2, 0.25) is 0 Å². The maximum absolute atomic E-state index is 6.20. The van der Waals surface area contributed by atoms with E-state index in [-0.39, 0.29) is 11.6 Å². The number of ether oxygens (including phenoxy) is 1. The summed E-state index contributed by atoms with van der Waals surface area (Å²) in [6, 6.07) is 17.1. The lowest BCUT2D eigenvalue weighted by molar-refractivity contribution is 0.0375. The van der Waals surface area contributed by atoms with Crippen LogP contribution < -0.4 is 16.4 Å². The Hall–Kier alpha value is -2.37. The standard InChI is InChI=1S/C23H32N4O/c1-17-13-18(2)15-21(14-17)26-22(24)25-16-23(9-11-28-12-10-23)27-19(3)20-7-5-4-6-8-20/h4-8,13-15,19,27H,9-12,16H2,1-3H3,(H3,24,25,26). The van der Waals surface area contributed by atoms with E-state index in [1.54, 1.807) is 0 Å². The molecule has 1 atom stereocenters. The minimum absolute atomic E-state index is 0.109. The molecule has 0 aliphatic carbocycles. The zero-order valence-electron chi connectivity index (χ0n) is 17.2. The van der Waals surface area contributed by atoms with Gasteiger partial charge in [0.05, 0.1) is 6.54 Å². The monoisotopic (exact) mass is 380 g/mol. The summed E-state index contributed by atoms with van der Waals surface area (Å²) in [6.45, 7) is 8.47. The second kappa shape index (κ2) is 9.22. The van der Waals surface area contributed by atoms with Crippen LogP contribution in [0.3, 0.4) is 0 Å². The largest absolute Gasteiger partial charge is 0.381 e. The number of aliphatic imine (C=N–C) groups is 1. The Labute approximate surface area is 168 Å². The van der Waals surface area contributed by atoms with Crippen molar-refractivity contribution in [1.82, 2.24) is 5.32 Å². The van der Waals surface area contributed by atoms with Gasteiger partial charge in [-0.2, -0.15) is 0 Å². The quantitative estimate of drug-likeness (QED) is 0.524. The predicted octanol–water partition coefficient (Wildman–Crippen LogP) is 3.93. The molecule has 1 aliphatic rings. The van der Waals surface area contributed by atoms with Crippen LogP contribution in [0.5, 0.6) is 0 Å². The van der Waals surface area contributed by atoms with Crippen LogP contribution in [0.15, 0.2) is 53.5 Å². The van der Waals surface area contributed by atoms with Crippen LogP contribution in [0, 0.1) is 13.8 Å². The minimum Gasteiger partial charge on any atom is -0.381 e. The number of hydrogen-bond donors (Lipinski definition) is 3. The molecule has 0 aromatic heterocycles. The van der Waals surface area contributed by atoms with Crippen molar-refractivity contribution in [2.24, 2.45) is 10.7 Å². The average molecular weight is 381 g/mol. The van der Waals surface area contributed by atoms with Gasteiger partial charge in [-0.15, -0.1) is 0 Å². The van der Waals surface area contributed by atoms with E-state index in [0.29, 0.717) is 12.5 Å². The molecule has 1 saturated heterocycles. The fraction of sp³-hybridized carbons (Fsp3) is 0.435. The van der Waals surface area contributed by atoms with E-state index in [4.69, 9.17) is 10.5 Å². The lowest BCUT2D eigenvalue weighted by Gasteiger charge is -2.39. The number of guanidine groups is 1. The Morgan fingerprint density at radius 1 is 1.11 bits per heavy atom. The van der Waals surface area contributed by atoms with Crippen molar-refractivity contribution < 1.29 is 4.74 Å². The first-order chi connectivity index (χ1) is 13.5. The van der Waals surface area contributed by atoms with Crippen molar-refractivity contribution >= 4 is 11.6 Å². The first-order valence-electron chi connectivity index (χ1n) is 10.0. The molecule has 1 heterocycles. The molecule has 150 valence electrons. The maximum Gasteiger partial charge on any atom is 0.193 e. The van der Waals surface area contributed by atoms with Crippen LogP contribution in [-0.2, 0) is 4.74 Å². The molecule has 0 saturated carbocycles. The Bertz CT molecular complexity index is 777. The zero-order chi connectivity index (χ0) is 20.0. The molecule has 3 rings (SSSR count). The first kappa shape index (κ1) is 20.4. The minimum atomic E-state index is -0.109. The van der Waals surface area contributed by atoms with Gasteiger partial charge in [0.25, 0.3) is 0 Å². The molecule has 0 spiro atoms. The van der Waals surface area contributed by atoms with Gasteiger partial charge < -0.3 is 21.1 Å². The maximum atomic E-state index is 6.20. The SMILES string of the molecule is Cc1cc(C)cc(NC(N)=NCC2(NC(C)c3ccccc3)CCOCC2)c1. The Balaban J connectivity index is 1.70. The number of nitrogens with one attached hydrogen (secondary N) is 2. The summed E-state index contributed by atoms with van der Waals surface area (Å²) < 4.78 is 5.61. The van der Waals surface area contributed by atoms with E-state index in [1.165, 1.54) is 16.7 Å². The van der Waals surface area contributed by atoms with Gasteiger partial charge in [0.15, 0.2) is 5.96 Å². The van der Waals surface area contributed by atoms with Crippen molar-refractivity contribution in [2.45, 2.75) is 45.2 Å². The van der Waals surface area contributed by atoms with Crippen molar-refractivity contribution in [3.05, 3.63) is 65.2 Å². The highest BCUT2D eigenvalue weighted by molar-refractivity contribution is 5.92. The smallest absolute Gasteiger partial charge is 0.193 e. The number of anilines is 1. The van der Waals surface area contributed by atoms with Crippen LogP contribution in [0.4, 0.5) is 5.69 Å². The molecule has 4 N–H and O–H groups in total. The third-order valence-corrected chi connectivity index (χ3v) is 5.32. The number of nitrogens with zero attached hydrogens (tertiary/aromatic N) is 1.